The van der Waals surface area contributed by atoms with E-state index in [0.717, 1.165) is 56.0 Å². The average Bonchev–Trinajstić information content (AvgIpc) is 3.12. The first-order valence-electron chi connectivity index (χ1n) is 7.23. The zero-order valence-corrected chi connectivity index (χ0v) is 12.8. The largest absolute Gasteiger partial charge is 0.379 e. The predicted molar refractivity (Wildman–Crippen MR) is 80.9 cm³/mol. The van der Waals surface area contributed by atoms with Gasteiger partial charge in [0.2, 0.25) is 0 Å². The van der Waals surface area contributed by atoms with Gasteiger partial charge in [0, 0.05) is 32.1 Å². The summed E-state index contributed by atoms with van der Waals surface area (Å²) in [6.45, 7) is 6.76. The van der Waals surface area contributed by atoms with Crippen molar-refractivity contribution in [3.8, 4) is 0 Å². The van der Waals surface area contributed by atoms with Crippen molar-refractivity contribution in [2.45, 2.75) is 32.7 Å². The van der Waals surface area contributed by atoms with Gasteiger partial charge < -0.3 is 15.0 Å². The van der Waals surface area contributed by atoms with E-state index in [1.807, 2.05) is 0 Å². The summed E-state index contributed by atoms with van der Waals surface area (Å²) < 4.78 is 5.66. The zero-order chi connectivity index (χ0) is 13.5. The number of ether oxygens (including phenoxy) is 1. The molecule has 1 N–H and O–H groups in total. The number of thiazole rings is 1. The van der Waals surface area contributed by atoms with Crippen LogP contribution in [0.5, 0.6) is 0 Å². The Morgan fingerprint density at radius 2 is 2.37 bits per heavy atom. The average molecular weight is 283 g/mol. The van der Waals surface area contributed by atoms with Crippen LogP contribution in [0.1, 0.15) is 31.9 Å². The van der Waals surface area contributed by atoms with Crippen LogP contribution in [0, 0.1) is 5.92 Å². The first-order chi connectivity index (χ1) is 9.29. The first kappa shape index (κ1) is 14.8. The van der Waals surface area contributed by atoms with E-state index in [4.69, 9.17) is 4.74 Å². The lowest BCUT2D eigenvalue weighted by molar-refractivity contribution is 0.131. The number of likely N-dealkylation sites (N-methyl/N-ethyl adjacent to an activating group) is 1. The number of hydrogen-bond acceptors (Lipinski definition) is 5. The second-order valence-corrected chi connectivity index (χ2v) is 6.07. The summed E-state index contributed by atoms with van der Waals surface area (Å²) >= 11 is 1.71. The van der Waals surface area contributed by atoms with Crippen molar-refractivity contribution in [3.05, 3.63) is 11.1 Å². The van der Waals surface area contributed by atoms with Gasteiger partial charge in [0.05, 0.1) is 12.3 Å². The topological polar surface area (TPSA) is 37.4 Å². The molecular formula is C14H25N3OS. The fourth-order valence-corrected chi connectivity index (χ4v) is 2.60. The third-order valence-corrected chi connectivity index (χ3v) is 4.22. The summed E-state index contributed by atoms with van der Waals surface area (Å²) in [7, 11) is 2.09. The van der Waals surface area contributed by atoms with Crippen molar-refractivity contribution < 1.29 is 4.74 Å². The normalized spacial score (nSPS) is 14.8. The van der Waals surface area contributed by atoms with E-state index in [9.17, 15) is 0 Å². The highest BCUT2D eigenvalue weighted by atomic mass is 32.1. The van der Waals surface area contributed by atoms with Crippen molar-refractivity contribution in [3.63, 3.8) is 0 Å². The van der Waals surface area contributed by atoms with Crippen molar-refractivity contribution in [1.82, 2.24) is 10.3 Å². The lowest BCUT2D eigenvalue weighted by Crippen LogP contribution is -2.23. The summed E-state index contributed by atoms with van der Waals surface area (Å²) in [6, 6.07) is 0. The molecule has 4 nitrogen and oxygen atoms in total. The van der Waals surface area contributed by atoms with Crippen LogP contribution in [0.15, 0.2) is 5.38 Å². The molecule has 19 heavy (non-hydrogen) atoms. The molecule has 0 atom stereocenters. The predicted octanol–water partition coefficient (Wildman–Crippen LogP) is 2.51. The Hall–Kier alpha value is -0.650. The SMILES string of the molecule is CCCNCc1csc(N(C)CCOCC2CC2)n1. The van der Waals surface area contributed by atoms with E-state index in [1.54, 1.807) is 11.3 Å². The molecule has 0 radical (unpaired) electrons. The van der Waals surface area contributed by atoms with Crippen molar-refractivity contribution >= 4 is 16.5 Å². The van der Waals surface area contributed by atoms with E-state index in [-0.39, 0.29) is 0 Å². The number of nitrogens with zero attached hydrogens (tertiary/aromatic N) is 2. The van der Waals surface area contributed by atoms with Crippen LogP contribution in [0.4, 0.5) is 5.13 Å². The van der Waals surface area contributed by atoms with Gasteiger partial charge in [0.15, 0.2) is 5.13 Å². The number of rotatable bonds is 10. The third kappa shape index (κ3) is 5.47. The number of anilines is 1. The van der Waals surface area contributed by atoms with Crippen LogP contribution < -0.4 is 10.2 Å². The first-order valence-corrected chi connectivity index (χ1v) is 8.11. The second-order valence-electron chi connectivity index (χ2n) is 5.24. The molecule has 2 rings (SSSR count). The van der Waals surface area contributed by atoms with Crippen molar-refractivity contribution in [2.24, 2.45) is 5.92 Å². The fourth-order valence-electron chi connectivity index (χ4n) is 1.78. The van der Waals surface area contributed by atoms with Gasteiger partial charge in [-0.05, 0) is 31.7 Å². The van der Waals surface area contributed by atoms with Crippen LogP contribution in [-0.2, 0) is 11.3 Å². The van der Waals surface area contributed by atoms with Gasteiger partial charge in [-0.25, -0.2) is 4.98 Å². The molecule has 0 saturated heterocycles. The fraction of sp³-hybridized carbons (Fsp3) is 0.786. The molecule has 1 saturated carbocycles. The Labute approximate surface area is 120 Å². The zero-order valence-electron chi connectivity index (χ0n) is 12.0. The van der Waals surface area contributed by atoms with E-state index < -0.39 is 0 Å². The van der Waals surface area contributed by atoms with Gasteiger partial charge in [-0.1, -0.05) is 6.92 Å². The van der Waals surface area contributed by atoms with Crippen LogP contribution in [0.25, 0.3) is 0 Å². The van der Waals surface area contributed by atoms with E-state index >= 15 is 0 Å². The highest BCUT2D eigenvalue weighted by Crippen LogP contribution is 2.28. The monoisotopic (exact) mass is 283 g/mol. The molecular weight excluding hydrogens is 258 g/mol. The van der Waals surface area contributed by atoms with Crippen molar-refractivity contribution in [1.29, 1.82) is 0 Å². The number of hydrogen-bond donors (Lipinski definition) is 1. The minimum Gasteiger partial charge on any atom is -0.379 e. The molecule has 5 heteroatoms. The quantitative estimate of drug-likeness (QED) is 0.670. The minimum absolute atomic E-state index is 0.802. The Morgan fingerprint density at radius 1 is 1.53 bits per heavy atom. The maximum Gasteiger partial charge on any atom is 0.185 e. The number of aromatic nitrogens is 1. The lowest BCUT2D eigenvalue weighted by Gasteiger charge is -2.15. The summed E-state index contributed by atoms with van der Waals surface area (Å²) in [4.78, 5) is 6.82. The Morgan fingerprint density at radius 3 is 3.11 bits per heavy atom. The maximum atomic E-state index is 5.66. The Balaban J connectivity index is 1.64. The smallest absolute Gasteiger partial charge is 0.185 e. The van der Waals surface area contributed by atoms with Crippen LogP contribution in [0.2, 0.25) is 0 Å². The molecule has 1 heterocycles. The second kappa shape index (κ2) is 7.82. The van der Waals surface area contributed by atoms with Gasteiger partial charge >= 0.3 is 0 Å². The van der Waals surface area contributed by atoms with Gasteiger partial charge in [-0.2, -0.15) is 0 Å². The van der Waals surface area contributed by atoms with Crippen molar-refractivity contribution in [2.75, 3.05) is 38.3 Å². The summed E-state index contributed by atoms with van der Waals surface area (Å²) in [5.74, 6) is 0.849. The standard InChI is InChI=1S/C14H25N3OS/c1-3-6-15-9-13-11-19-14(16-13)17(2)7-8-18-10-12-4-5-12/h11-12,15H,3-10H2,1-2H3. The van der Waals surface area contributed by atoms with Gasteiger partial charge in [-0.3, -0.25) is 0 Å². The molecule has 0 aromatic carbocycles. The third-order valence-electron chi connectivity index (χ3n) is 3.22. The van der Waals surface area contributed by atoms with Gasteiger partial charge in [0.1, 0.15) is 0 Å². The highest BCUT2D eigenvalue weighted by Gasteiger charge is 2.21. The summed E-state index contributed by atoms with van der Waals surface area (Å²) in [5.41, 5.74) is 1.14. The summed E-state index contributed by atoms with van der Waals surface area (Å²) in [6.07, 6.45) is 3.88. The van der Waals surface area contributed by atoms with E-state index in [2.05, 4.69) is 34.6 Å². The molecule has 1 aliphatic rings. The van der Waals surface area contributed by atoms with E-state index in [0.29, 0.717) is 0 Å². The Bertz CT molecular complexity index is 365. The van der Waals surface area contributed by atoms with Crippen LogP contribution in [-0.4, -0.2) is 38.3 Å². The lowest BCUT2D eigenvalue weighted by atomic mass is 10.4. The highest BCUT2D eigenvalue weighted by molar-refractivity contribution is 7.13. The molecule has 0 aliphatic heterocycles. The Kier molecular flexibility index (Phi) is 6.07. The van der Waals surface area contributed by atoms with Crippen LogP contribution in [0.3, 0.4) is 0 Å². The molecule has 1 aromatic rings. The molecule has 1 aromatic heterocycles. The maximum absolute atomic E-state index is 5.66. The van der Waals surface area contributed by atoms with Gasteiger partial charge in [-0.15, -0.1) is 11.3 Å². The minimum atomic E-state index is 0.802. The van der Waals surface area contributed by atoms with E-state index in [1.165, 1.54) is 12.8 Å². The van der Waals surface area contributed by atoms with Gasteiger partial charge in [0.25, 0.3) is 0 Å². The molecule has 0 spiro atoms. The molecule has 0 unspecified atom stereocenters. The van der Waals surface area contributed by atoms with Crippen LogP contribution >= 0.6 is 11.3 Å². The molecule has 1 fully saturated rings. The molecule has 1 aliphatic carbocycles. The number of nitrogens with one attached hydrogen (secondary N) is 1. The molecule has 0 amide bonds. The molecule has 0 bridgehead atoms. The molecule has 108 valence electrons. The summed E-state index contributed by atoms with van der Waals surface area (Å²) in [5, 5.41) is 6.60.